The summed E-state index contributed by atoms with van der Waals surface area (Å²) in [6, 6.07) is 9.79. The Morgan fingerprint density at radius 3 is 2.72 bits per heavy atom. The number of thiophene rings is 1. The number of hydrogen-bond donors (Lipinski definition) is 0. The lowest BCUT2D eigenvalue weighted by molar-refractivity contribution is -0.114. The lowest BCUT2D eigenvalue weighted by Crippen LogP contribution is -2.22. The molecule has 0 unspecified atom stereocenters. The van der Waals surface area contributed by atoms with Crippen LogP contribution in [0.1, 0.15) is 4.88 Å². The number of halogens is 1. The Kier molecular flexibility index (Phi) is 4.18. The van der Waals surface area contributed by atoms with Crippen LogP contribution in [0.5, 0.6) is 0 Å². The summed E-state index contributed by atoms with van der Waals surface area (Å²) in [6.45, 7) is 0. The highest BCUT2D eigenvalue weighted by Gasteiger charge is 2.35. The molecule has 0 spiro atoms. The van der Waals surface area contributed by atoms with Crippen LogP contribution in [0.2, 0.25) is 0 Å². The monoisotopic (exact) mass is 432 g/mol. The van der Waals surface area contributed by atoms with Crippen LogP contribution < -0.4 is 5.01 Å². The summed E-state index contributed by atoms with van der Waals surface area (Å²) < 4.78 is 1.96. The number of hydrogen-bond acceptors (Lipinski definition) is 6. The van der Waals surface area contributed by atoms with Gasteiger partial charge in [0.25, 0.3) is 5.91 Å². The molecule has 0 bridgehead atoms. The number of fused-ring (bicyclic) bond motifs is 1. The number of thiazole rings is 1. The van der Waals surface area contributed by atoms with Gasteiger partial charge >= 0.3 is 0 Å². The number of anilines is 1. The third-order valence-electron chi connectivity index (χ3n) is 3.56. The maximum absolute atomic E-state index is 13.0. The molecular weight excluding hydrogens is 420 g/mol. The molecule has 1 aliphatic heterocycles. The maximum Gasteiger partial charge on any atom is 0.284 e. The van der Waals surface area contributed by atoms with Crippen LogP contribution in [0.4, 0.5) is 5.13 Å². The van der Waals surface area contributed by atoms with Gasteiger partial charge in [-0.2, -0.15) is 10.1 Å². The molecule has 1 aromatic carbocycles. The summed E-state index contributed by atoms with van der Waals surface area (Å²) in [5.41, 5.74) is 2.10. The zero-order valence-electron chi connectivity index (χ0n) is 13.4. The van der Waals surface area contributed by atoms with Crippen molar-refractivity contribution in [2.45, 2.75) is 0 Å². The molecule has 8 heteroatoms. The molecule has 3 heterocycles. The molecule has 2 aromatic heterocycles. The van der Waals surface area contributed by atoms with Crippen molar-refractivity contribution in [2.24, 2.45) is 5.10 Å². The molecule has 0 saturated carbocycles. The van der Waals surface area contributed by atoms with Crippen molar-refractivity contribution in [1.82, 2.24) is 9.88 Å². The van der Waals surface area contributed by atoms with Crippen LogP contribution in [-0.4, -0.2) is 35.6 Å². The van der Waals surface area contributed by atoms with Gasteiger partial charge in [-0.3, -0.25) is 4.79 Å². The van der Waals surface area contributed by atoms with Gasteiger partial charge in [0.05, 0.1) is 20.7 Å². The number of para-hydroxylation sites is 1. The van der Waals surface area contributed by atoms with Gasteiger partial charge in [0.1, 0.15) is 5.71 Å². The molecule has 126 valence electrons. The molecule has 0 atom stereocenters. The van der Waals surface area contributed by atoms with Crippen molar-refractivity contribution >= 4 is 65.6 Å². The summed E-state index contributed by atoms with van der Waals surface area (Å²) >= 11 is 6.55. The maximum atomic E-state index is 13.0. The van der Waals surface area contributed by atoms with Gasteiger partial charge in [0.15, 0.2) is 0 Å². The summed E-state index contributed by atoms with van der Waals surface area (Å²) in [7, 11) is 3.78. The van der Waals surface area contributed by atoms with E-state index in [-0.39, 0.29) is 5.91 Å². The third kappa shape index (κ3) is 2.90. The van der Waals surface area contributed by atoms with Crippen LogP contribution in [0.25, 0.3) is 10.2 Å². The standard InChI is InChI=1S/C17H13BrN4OS2/c1-21(2)9-10-14(15-11(18)7-8-24-15)20-22(16(10)23)17-19-12-5-3-4-6-13(12)25-17/h3-9H,1-2H3/b10-9+. The van der Waals surface area contributed by atoms with Crippen molar-refractivity contribution < 1.29 is 4.79 Å². The normalized spacial score (nSPS) is 16.1. The first kappa shape index (κ1) is 16.4. The number of hydrazone groups is 1. The summed E-state index contributed by atoms with van der Waals surface area (Å²) in [5, 5.41) is 8.56. The highest BCUT2D eigenvalue weighted by Crippen LogP contribution is 2.35. The molecule has 0 radical (unpaired) electrons. The highest BCUT2D eigenvalue weighted by molar-refractivity contribution is 9.10. The number of aromatic nitrogens is 1. The number of nitrogens with zero attached hydrogens (tertiary/aromatic N) is 4. The Hall–Kier alpha value is -2.03. The van der Waals surface area contributed by atoms with E-state index in [9.17, 15) is 4.79 Å². The summed E-state index contributed by atoms with van der Waals surface area (Å²) in [4.78, 5) is 20.4. The number of amides is 1. The van der Waals surface area contributed by atoms with Gasteiger partial charge in [-0.1, -0.05) is 23.5 Å². The average molecular weight is 433 g/mol. The van der Waals surface area contributed by atoms with Gasteiger partial charge in [-0.05, 0) is 39.5 Å². The SMILES string of the molecule is CN(C)/C=C1/C(=O)N(c2nc3ccccc3s2)N=C1c1sccc1Br. The van der Waals surface area contributed by atoms with Crippen LogP contribution in [0, 0.1) is 0 Å². The minimum atomic E-state index is -0.164. The van der Waals surface area contributed by atoms with Crippen molar-refractivity contribution in [3.05, 3.63) is 56.8 Å². The minimum Gasteiger partial charge on any atom is -0.383 e. The van der Waals surface area contributed by atoms with E-state index in [1.165, 1.54) is 16.3 Å². The van der Waals surface area contributed by atoms with Gasteiger partial charge < -0.3 is 4.90 Å². The first-order valence-corrected chi connectivity index (χ1v) is 9.94. The molecule has 1 amide bonds. The quantitative estimate of drug-likeness (QED) is 0.579. The van der Waals surface area contributed by atoms with Crippen molar-refractivity contribution in [2.75, 3.05) is 19.1 Å². The molecule has 1 aliphatic rings. The molecular formula is C17H13BrN4OS2. The number of benzene rings is 1. The van der Waals surface area contributed by atoms with Crippen molar-refractivity contribution in [3.8, 4) is 0 Å². The van der Waals surface area contributed by atoms with Crippen molar-refractivity contribution in [1.29, 1.82) is 0 Å². The van der Waals surface area contributed by atoms with E-state index in [1.807, 2.05) is 54.7 Å². The predicted molar refractivity (Wildman–Crippen MR) is 107 cm³/mol. The van der Waals surface area contributed by atoms with Gasteiger partial charge in [-0.15, -0.1) is 11.3 Å². The first-order valence-electron chi connectivity index (χ1n) is 7.45. The molecule has 0 fully saturated rings. The Morgan fingerprint density at radius 2 is 2.04 bits per heavy atom. The fraction of sp³-hybridized carbons (Fsp3) is 0.118. The van der Waals surface area contributed by atoms with Crippen LogP contribution in [0.15, 0.2) is 57.1 Å². The molecule has 0 aliphatic carbocycles. The zero-order valence-corrected chi connectivity index (χ0v) is 16.7. The van der Waals surface area contributed by atoms with Gasteiger partial charge in [-0.25, -0.2) is 4.98 Å². The van der Waals surface area contributed by atoms with Crippen LogP contribution in [0.3, 0.4) is 0 Å². The minimum absolute atomic E-state index is 0.164. The molecule has 3 aromatic rings. The Bertz CT molecular complexity index is 1000. The fourth-order valence-electron chi connectivity index (χ4n) is 2.50. The zero-order chi connectivity index (χ0) is 17.6. The van der Waals surface area contributed by atoms with E-state index in [0.29, 0.717) is 16.4 Å². The second-order valence-electron chi connectivity index (χ2n) is 5.63. The van der Waals surface area contributed by atoms with E-state index >= 15 is 0 Å². The number of carbonyl (C=O) groups excluding carboxylic acids is 1. The number of rotatable bonds is 3. The van der Waals surface area contributed by atoms with Crippen molar-refractivity contribution in [3.63, 3.8) is 0 Å². The summed E-state index contributed by atoms with van der Waals surface area (Å²) in [6.07, 6.45) is 1.81. The smallest absolute Gasteiger partial charge is 0.284 e. The first-order chi connectivity index (χ1) is 12.0. The van der Waals surface area contributed by atoms with E-state index in [2.05, 4.69) is 26.0 Å². The molecule has 25 heavy (non-hydrogen) atoms. The highest BCUT2D eigenvalue weighted by atomic mass is 79.9. The van der Waals surface area contributed by atoms with Crippen LogP contribution in [-0.2, 0) is 4.79 Å². The molecule has 4 rings (SSSR count). The fourth-order valence-corrected chi connectivity index (χ4v) is 4.97. The second kappa shape index (κ2) is 6.36. The number of carbonyl (C=O) groups is 1. The molecule has 5 nitrogen and oxygen atoms in total. The van der Waals surface area contributed by atoms with E-state index in [1.54, 1.807) is 17.5 Å². The Balaban J connectivity index is 1.84. The van der Waals surface area contributed by atoms with E-state index in [0.717, 1.165) is 19.6 Å². The van der Waals surface area contributed by atoms with Gasteiger partial charge in [0.2, 0.25) is 5.13 Å². The van der Waals surface area contributed by atoms with E-state index < -0.39 is 0 Å². The van der Waals surface area contributed by atoms with Crippen LogP contribution >= 0.6 is 38.6 Å². The third-order valence-corrected chi connectivity index (χ3v) is 6.42. The molecule has 0 saturated heterocycles. The Morgan fingerprint density at radius 1 is 1.24 bits per heavy atom. The average Bonchev–Trinajstić information content (AvgIpc) is 3.25. The second-order valence-corrected chi connectivity index (χ2v) is 8.41. The largest absolute Gasteiger partial charge is 0.383 e. The predicted octanol–water partition coefficient (Wildman–Crippen LogP) is 4.32. The topological polar surface area (TPSA) is 48.8 Å². The molecule has 0 N–H and O–H groups in total. The van der Waals surface area contributed by atoms with E-state index in [4.69, 9.17) is 0 Å². The lowest BCUT2D eigenvalue weighted by atomic mass is 10.1. The lowest BCUT2D eigenvalue weighted by Gasteiger charge is -2.09. The summed E-state index contributed by atoms with van der Waals surface area (Å²) in [5.74, 6) is -0.164. The Labute approximate surface area is 161 Å². The van der Waals surface area contributed by atoms with Gasteiger partial charge in [0, 0.05) is 24.8 Å².